The van der Waals surface area contributed by atoms with E-state index in [2.05, 4.69) is 76.1 Å². The van der Waals surface area contributed by atoms with Crippen LogP contribution in [-0.2, 0) is 25.0 Å². The normalized spacial score (nSPS) is 10.7. The molecule has 0 bridgehead atoms. The van der Waals surface area contributed by atoms with Crippen LogP contribution in [0.1, 0.15) is 26.3 Å². The molecule has 0 unspecified atom stereocenters. The van der Waals surface area contributed by atoms with E-state index in [0.29, 0.717) is 11.4 Å². The largest absolute Gasteiger partial charge is 0.462 e. The van der Waals surface area contributed by atoms with E-state index in [4.69, 9.17) is 0 Å². The first-order chi connectivity index (χ1) is 14.7. The summed E-state index contributed by atoms with van der Waals surface area (Å²) in [5, 5.41) is 0. The van der Waals surface area contributed by atoms with Gasteiger partial charge in [-0.3, -0.25) is 0 Å². The van der Waals surface area contributed by atoms with Gasteiger partial charge in [-0.2, -0.15) is 17.6 Å². The van der Waals surface area contributed by atoms with Gasteiger partial charge in [0.15, 0.2) is 0 Å². The molecule has 0 aliphatic rings. The van der Waals surface area contributed by atoms with Crippen molar-refractivity contribution in [2.45, 2.75) is 32.6 Å². The molecular weight excluding hydrogens is 679 g/mol. The lowest BCUT2D eigenvalue weighted by Crippen LogP contribution is -2.28. The maximum atomic E-state index is 13.4. The van der Waals surface area contributed by atoms with Crippen molar-refractivity contribution in [3.05, 3.63) is 66.6 Å². The van der Waals surface area contributed by atoms with Crippen LogP contribution in [0.4, 0.5) is 17.6 Å². The van der Waals surface area contributed by atoms with Crippen molar-refractivity contribution in [1.82, 2.24) is 0 Å². The van der Waals surface area contributed by atoms with E-state index in [1.807, 2.05) is 12.1 Å². The molecule has 11 heteroatoms. The zero-order valence-corrected chi connectivity index (χ0v) is 22.6. The topological polar surface area (TPSA) is 52.6 Å². The molecule has 0 saturated carbocycles. The smallest absolute Gasteiger partial charge is 0.381 e. The molecule has 0 heterocycles. The fourth-order valence-electron chi connectivity index (χ4n) is 1.69. The Morgan fingerprint density at radius 1 is 0.812 bits per heavy atom. The van der Waals surface area contributed by atoms with E-state index in [9.17, 15) is 27.2 Å². The second-order valence-corrected chi connectivity index (χ2v) is 8.92. The van der Waals surface area contributed by atoms with E-state index in [1.54, 1.807) is 0 Å². The Hall–Kier alpha value is -1.21. The highest BCUT2D eigenvalue weighted by molar-refractivity contribution is 14.1. The maximum absolute atomic E-state index is 13.4. The van der Waals surface area contributed by atoms with Crippen molar-refractivity contribution >= 4 is 66.4 Å². The summed E-state index contributed by atoms with van der Waals surface area (Å²) in [4.78, 5) is 21.1. The maximum Gasteiger partial charge on any atom is 0.381 e. The van der Waals surface area contributed by atoms with Gasteiger partial charge < -0.3 is 9.47 Å². The van der Waals surface area contributed by atoms with E-state index >= 15 is 0 Å². The molecule has 0 fully saturated rings. The molecule has 0 aliphatic carbocycles. The van der Waals surface area contributed by atoms with Crippen LogP contribution < -0.4 is 0 Å². The summed E-state index contributed by atoms with van der Waals surface area (Å²) in [6, 6.07) is 13.4. The molecule has 0 radical (unpaired) electrons. The predicted octanol–water partition coefficient (Wildman–Crippen LogP) is 7.36. The van der Waals surface area contributed by atoms with Gasteiger partial charge in [0.2, 0.25) is 0 Å². The number of hydrogen-bond acceptors (Lipinski definition) is 4. The average molecular weight is 700 g/mol. The minimum absolute atomic E-state index is 0.0116. The van der Waals surface area contributed by atoms with Gasteiger partial charge in [-0.15, -0.1) is 0 Å². The van der Waals surface area contributed by atoms with Crippen molar-refractivity contribution in [3.8, 4) is 0 Å². The van der Waals surface area contributed by atoms with Crippen LogP contribution in [0.15, 0.2) is 57.5 Å². The first kappa shape index (κ1) is 30.8. The monoisotopic (exact) mass is 698 g/mol. The van der Waals surface area contributed by atoms with Gasteiger partial charge in [0, 0.05) is 25.0 Å². The minimum Gasteiger partial charge on any atom is -0.462 e. The Kier molecular flexibility index (Phi) is 14.3. The van der Waals surface area contributed by atoms with Gasteiger partial charge in [-0.1, -0.05) is 44.0 Å². The lowest BCUT2D eigenvalue weighted by molar-refractivity contribution is -0.173. The Balaban J connectivity index is 0.000000485. The summed E-state index contributed by atoms with van der Waals surface area (Å²) in [7, 11) is 0. The SMILES string of the molecule is Brc1ccc(I)cc1.CCOC(=O)C(C)(F)F.CCOC(=O)C(F)(F)c1ccc(Br)cc1. The van der Waals surface area contributed by atoms with Gasteiger partial charge in [0.25, 0.3) is 0 Å². The van der Waals surface area contributed by atoms with E-state index in [1.165, 1.54) is 41.7 Å². The number of carbonyl (C=O) groups excluding carboxylic acids is 2. The lowest BCUT2D eigenvalue weighted by atomic mass is 10.1. The molecule has 0 saturated heterocycles. The molecule has 178 valence electrons. The summed E-state index contributed by atoms with van der Waals surface area (Å²) in [5.41, 5.74) is -0.371. The Morgan fingerprint density at radius 3 is 1.50 bits per heavy atom. The van der Waals surface area contributed by atoms with Crippen molar-refractivity contribution in [1.29, 1.82) is 0 Å². The molecule has 0 atom stereocenters. The zero-order valence-electron chi connectivity index (χ0n) is 17.3. The van der Waals surface area contributed by atoms with E-state index in [-0.39, 0.29) is 18.8 Å². The van der Waals surface area contributed by atoms with Crippen molar-refractivity contribution in [2.24, 2.45) is 0 Å². The minimum atomic E-state index is -3.59. The third-order valence-electron chi connectivity index (χ3n) is 3.18. The third kappa shape index (κ3) is 12.1. The number of halogens is 7. The molecule has 0 N–H and O–H groups in total. The second kappa shape index (κ2) is 14.8. The number of benzene rings is 2. The predicted molar refractivity (Wildman–Crippen MR) is 129 cm³/mol. The third-order valence-corrected chi connectivity index (χ3v) is 4.95. The summed E-state index contributed by atoms with van der Waals surface area (Å²) in [6.07, 6.45) is 0. The van der Waals surface area contributed by atoms with E-state index < -0.39 is 23.8 Å². The quantitative estimate of drug-likeness (QED) is 0.186. The van der Waals surface area contributed by atoms with Crippen LogP contribution in [0.25, 0.3) is 0 Å². The zero-order chi connectivity index (χ0) is 24.9. The summed E-state index contributed by atoms with van der Waals surface area (Å²) >= 11 is 8.74. The van der Waals surface area contributed by atoms with Gasteiger partial charge in [-0.05, 0) is 72.8 Å². The molecule has 4 nitrogen and oxygen atoms in total. The van der Waals surface area contributed by atoms with Gasteiger partial charge in [0.05, 0.1) is 13.2 Å². The molecule has 2 aromatic carbocycles. The molecular formula is C21H21Br2F4IO4. The van der Waals surface area contributed by atoms with Crippen LogP contribution in [0.3, 0.4) is 0 Å². The highest BCUT2D eigenvalue weighted by Gasteiger charge is 2.42. The highest BCUT2D eigenvalue weighted by atomic mass is 127. The summed E-state index contributed by atoms with van der Waals surface area (Å²) in [6.45, 7) is 3.39. The highest BCUT2D eigenvalue weighted by Crippen LogP contribution is 2.30. The molecule has 0 aromatic heterocycles. The first-order valence-corrected chi connectivity index (χ1v) is 11.7. The number of ether oxygens (including phenoxy) is 2. The number of esters is 2. The van der Waals surface area contributed by atoms with Gasteiger partial charge >= 0.3 is 23.8 Å². The number of rotatable bonds is 5. The summed E-state index contributed by atoms with van der Waals surface area (Å²) in [5.74, 6) is -9.93. The van der Waals surface area contributed by atoms with Crippen molar-refractivity contribution in [3.63, 3.8) is 0 Å². The van der Waals surface area contributed by atoms with E-state index in [0.717, 1.165) is 4.47 Å². The molecule has 0 spiro atoms. The standard InChI is InChI=1S/C10H9BrF2O2.C6H4BrI.C5H8F2O2/c1-2-15-9(14)10(12,13)7-3-5-8(11)6-4-7;7-5-1-3-6(8)4-2-5;1-3-9-4(8)5(2,6)7/h3-6H,2H2,1H3;1-4H;3H2,1-2H3. The molecule has 0 amide bonds. The fraction of sp³-hybridized carbons (Fsp3) is 0.333. The van der Waals surface area contributed by atoms with Crippen LogP contribution >= 0.6 is 54.5 Å². The Bertz CT molecular complexity index is 821. The lowest BCUT2D eigenvalue weighted by Gasteiger charge is -2.14. The van der Waals surface area contributed by atoms with Crippen LogP contribution in [0.2, 0.25) is 0 Å². The molecule has 2 aromatic rings. The number of alkyl halides is 4. The Morgan fingerprint density at radius 2 is 1.19 bits per heavy atom. The summed E-state index contributed by atoms with van der Waals surface area (Å²) < 4.78 is 61.8. The van der Waals surface area contributed by atoms with Gasteiger partial charge in [0.1, 0.15) is 0 Å². The van der Waals surface area contributed by atoms with Crippen LogP contribution in [-0.4, -0.2) is 31.1 Å². The van der Waals surface area contributed by atoms with Crippen molar-refractivity contribution in [2.75, 3.05) is 13.2 Å². The van der Waals surface area contributed by atoms with Gasteiger partial charge in [-0.25, -0.2) is 9.59 Å². The molecule has 0 aliphatic heterocycles. The number of hydrogen-bond donors (Lipinski definition) is 0. The molecule has 2 rings (SSSR count). The fourth-order valence-corrected chi connectivity index (χ4v) is 2.57. The second-order valence-electron chi connectivity index (χ2n) is 5.85. The first-order valence-electron chi connectivity index (χ1n) is 9.02. The van der Waals surface area contributed by atoms with Crippen LogP contribution in [0.5, 0.6) is 0 Å². The number of carbonyl (C=O) groups is 2. The molecule has 32 heavy (non-hydrogen) atoms. The van der Waals surface area contributed by atoms with Crippen LogP contribution in [0, 0.1) is 3.57 Å². The van der Waals surface area contributed by atoms with Crippen molar-refractivity contribution < 1.29 is 36.6 Å². The average Bonchev–Trinajstić information content (AvgIpc) is 2.71. The Labute approximate surface area is 214 Å².